The third-order valence-corrected chi connectivity index (χ3v) is 7.93. The molecular weight excluding hydrogens is 471 g/mol. The Morgan fingerprint density at radius 3 is 2.28 bits per heavy atom. The molecule has 2 atom stereocenters. The number of hydrogen-bond acceptors (Lipinski definition) is 3. The van der Waals surface area contributed by atoms with Gasteiger partial charge in [0.1, 0.15) is 11.9 Å². The topological polar surface area (TPSA) is 49.4 Å². The average molecular weight is 507 g/mol. The van der Waals surface area contributed by atoms with Gasteiger partial charge < -0.3 is 5.32 Å². The highest BCUT2D eigenvalue weighted by atomic mass is 32.1. The van der Waals surface area contributed by atoms with Crippen LogP contribution in [0.1, 0.15) is 81.0 Å². The molecule has 1 aliphatic rings. The highest BCUT2D eigenvalue weighted by molar-refractivity contribution is 7.08. The Morgan fingerprint density at radius 2 is 1.67 bits per heavy atom. The minimum Gasteiger partial charge on any atom is -0.351 e. The van der Waals surface area contributed by atoms with E-state index in [1.165, 1.54) is 24.1 Å². The zero-order valence-electron chi connectivity index (χ0n) is 21.1. The van der Waals surface area contributed by atoms with Crippen molar-refractivity contribution in [3.8, 4) is 0 Å². The predicted octanol–water partition coefficient (Wildman–Crippen LogP) is 7.17. The minimum atomic E-state index is -0.895. The second-order valence-electron chi connectivity index (χ2n) is 9.77. The van der Waals surface area contributed by atoms with E-state index in [9.17, 15) is 14.0 Å². The van der Waals surface area contributed by atoms with Gasteiger partial charge in [0.15, 0.2) is 0 Å². The van der Waals surface area contributed by atoms with Crippen molar-refractivity contribution in [1.82, 2.24) is 5.32 Å². The third-order valence-electron chi connectivity index (χ3n) is 7.20. The van der Waals surface area contributed by atoms with Crippen LogP contribution in [0.5, 0.6) is 0 Å². The summed E-state index contributed by atoms with van der Waals surface area (Å²) in [5.74, 6) is -0.369. The fourth-order valence-corrected chi connectivity index (χ4v) is 5.55. The number of hydrogen-bond donors (Lipinski definition) is 1. The van der Waals surface area contributed by atoms with Gasteiger partial charge in [-0.05, 0) is 83.0 Å². The first-order valence-corrected chi connectivity index (χ1v) is 13.9. The van der Waals surface area contributed by atoms with Crippen molar-refractivity contribution in [2.24, 2.45) is 0 Å². The largest absolute Gasteiger partial charge is 0.351 e. The Morgan fingerprint density at radius 1 is 1.00 bits per heavy atom. The molecule has 0 unspecified atom stereocenters. The Balaban J connectivity index is 1.74. The quantitative estimate of drug-likeness (QED) is 0.335. The average Bonchev–Trinajstić information content (AvgIpc) is 3.41. The number of rotatable bonds is 9. The number of amides is 2. The van der Waals surface area contributed by atoms with Crippen LogP contribution in [0, 0.1) is 5.82 Å². The second kappa shape index (κ2) is 12.3. The lowest BCUT2D eigenvalue weighted by molar-refractivity contribution is -0.127. The molecular formula is C30H35FN2O2S. The highest BCUT2D eigenvalue weighted by Gasteiger charge is 2.34. The molecule has 0 bridgehead atoms. The Labute approximate surface area is 217 Å². The number of thiophene rings is 1. The van der Waals surface area contributed by atoms with Crippen molar-refractivity contribution in [2.75, 3.05) is 4.90 Å². The Kier molecular flexibility index (Phi) is 8.92. The summed E-state index contributed by atoms with van der Waals surface area (Å²) in [4.78, 5) is 29.3. The smallest absolute Gasteiger partial charge is 0.248 e. The molecule has 1 fully saturated rings. The number of anilines is 1. The summed E-state index contributed by atoms with van der Waals surface area (Å²) < 4.78 is 13.8. The first kappa shape index (κ1) is 26.1. The standard InChI is InChI=1S/C30H35FN2O2S/c1-3-21(2)23-11-15-27(16-12-23)33(28(34)19-22-17-18-36-20-22)29(24-9-13-25(31)14-10-24)30(35)32-26-7-5-4-6-8-26/h9-18,20-21,26,29H,3-8,19H2,1-2H3,(H,32,35)/t21-,29+/m1/s1. The van der Waals surface area contributed by atoms with E-state index in [1.807, 2.05) is 41.1 Å². The number of nitrogens with one attached hydrogen (secondary N) is 1. The van der Waals surface area contributed by atoms with E-state index < -0.39 is 6.04 Å². The van der Waals surface area contributed by atoms with Crippen molar-refractivity contribution in [2.45, 2.75) is 76.8 Å². The van der Waals surface area contributed by atoms with Gasteiger partial charge in [-0.3, -0.25) is 14.5 Å². The van der Waals surface area contributed by atoms with E-state index in [2.05, 4.69) is 19.2 Å². The number of nitrogens with zero attached hydrogens (tertiary/aromatic N) is 1. The molecule has 4 rings (SSSR count). The fraction of sp³-hybridized carbons (Fsp3) is 0.400. The monoisotopic (exact) mass is 506 g/mol. The molecule has 1 N–H and O–H groups in total. The molecule has 0 aliphatic heterocycles. The first-order chi connectivity index (χ1) is 17.5. The predicted molar refractivity (Wildman–Crippen MR) is 145 cm³/mol. The molecule has 0 saturated heterocycles. The first-order valence-electron chi connectivity index (χ1n) is 12.9. The molecule has 1 heterocycles. The maximum Gasteiger partial charge on any atom is 0.248 e. The number of halogens is 1. The normalized spacial score (nSPS) is 15.8. The highest BCUT2D eigenvalue weighted by Crippen LogP contribution is 2.32. The lowest BCUT2D eigenvalue weighted by Gasteiger charge is -2.33. The lowest BCUT2D eigenvalue weighted by Crippen LogP contribution is -2.47. The van der Waals surface area contributed by atoms with Crippen molar-refractivity contribution < 1.29 is 14.0 Å². The maximum atomic E-state index is 13.8. The SMILES string of the molecule is CC[C@@H](C)c1ccc(N(C(=O)Cc2ccsc2)[C@H](C(=O)NC2CCCCC2)c2ccc(F)cc2)cc1. The van der Waals surface area contributed by atoms with Crippen LogP contribution < -0.4 is 10.2 Å². The zero-order chi connectivity index (χ0) is 25.5. The van der Waals surface area contributed by atoms with Gasteiger partial charge in [-0.2, -0.15) is 11.3 Å². The number of benzene rings is 2. The number of carbonyl (C=O) groups is 2. The van der Waals surface area contributed by atoms with Crippen molar-refractivity contribution in [3.63, 3.8) is 0 Å². The van der Waals surface area contributed by atoms with Gasteiger partial charge in [0.25, 0.3) is 0 Å². The third kappa shape index (κ3) is 6.41. The molecule has 2 amide bonds. The molecule has 6 heteroatoms. The summed E-state index contributed by atoms with van der Waals surface area (Å²) in [6.07, 6.45) is 6.44. The van der Waals surface area contributed by atoms with E-state index >= 15 is 0 Å². The molecule has 3 aromatic rings. The lowest BCUT2D eigenvalue weighted by atomic mass is 9.94. The summed E-state index contributed by atoms with van der Waals surface area (Å²) in [5.41, 5.74) is 3.36. The van der Waals surface area contributed by atoms with E-state index in [1.54, 1.807) is 28.4 Å². The van der Waals surface area contributed by atoms with E-state index in [4.69, 9.17) is 0 Å². The molecule has 1 aliphatic carbocycles. The summed E-state index contributed by atoms with van der Waals surface area (Å²) >= 11 is 1.54. The molecule has 36 heavy (non-hydrogen) atoms. The van der Waals surface area contributed by atoms with Gasteiger partial charge in [-0.25, -0.2) is 4.39 Å². The summed E-state index contributed by atoms with van der Waals surface area (Å²) in [7, 11) is 0. The minimum absolute atomic E-state index is 0.0933. The molecule has 190 valence electrons. The molecule has 0 spiro atoms. The van der Waals surface area contributed by atoms with Gasteiger partial charge >= 0.3 is 0 Å². The Bertz CT molecular complexity index is 1120. The molecule has 4 nitrogen and oxygen atoms in total. The van der Waals surface area contributed by atoms with E-state index in [0.717, 1.165) is 37.7 Å². The molecule has 1 aromatic heterocycles. The van der Waals surface area contributed by atoms with Crippen molar-refractivity contribution in [3.05, 3.63) is 87.9 Å². The van der Waals surface area contributed by atoms with Crippen LogP contribution in [0.3, 0.4) is 0 Å². The second-order valence-corrected chi connectivity index (χ2v) is 10.6. The van der Waals surface area contributed by atoms with Crippen LogP contribution in [0.2, 0.25) is 0 Å². The van der Waals surface area contributed by atoms with Gasteiger partial charge in [-0.15, -0.1) is 0 Å². The van der Waals surface area contributed by atoms with Crippen LogP contribution in [-0.2, 0) is 16.0 Å². The summed E-state index contributed by atoms with van der Waals surface area (Å²) in [6.45, 7) is 4.32. The van der Waals surface area contributed by atoms with Crippen LogP contribution in [0.15, 0.2) is 65.4 Å². The fourth-order valence-electron chi connectivity index (χ4n) is 4.88. The van der Waals surface area contributed by atoms with Crippen molar-refractivity contribution in [1.29, 1.82) is 0 Å². The van der Waals surface area contributed by atoms with Gasteiger partial charge in [-0.1, -0.05) is 57.4 Å². The van der Waals surface area contributed by atoms with Crippen molar-refractivity contribution >= 4 is 28.8 Å². The van der Waals surface area contributed by atoms with E-state index in [0.29, 0.717) is 17.2 Å². The van der Waals surface area contributed by atoms with Crippen LogP contribution in [0.25, 0.3) is 0 Å². The molecule has 0 radical (unpaired) electrons. The van der Waals surface area contributed by atoms with Crippen LogP contribution in [0.4, 0.5) is 10.1 Å². The molecule has 1 saturated carbocycles. The number of carbonyl (C=O) groups excluding carboxylic acids is 2. The van der Waals surface area contributed by atoms with Gasteiger partial charge in [0, 0.05) is 11.7 Å². The van der Waals surface area contributed by atoms with E-state index in [-0.39, 0.29) is 30.1 Å². The summed E-state index contributed by atoms with van der Waals surface area (Å²) in [6, 6.07) is 15.0. The molecule has 2 aromatic carbocycles. The zero-order valence-corrected chi connectivity index (χ0v) is 21.9. The van der Waals surface area contributed by atoms with Crippen LogP contribution >= 0.6 is 11.3 Å². The van der Waals surface area contributed by atoms with Crippen LogP contribution in [-0.4, -0.2) is 17.9 Å². The van der Waals surface area contributed by atoms with Gasteiger partial charge in [0.05, 0.1) is 6.42 Å². The van der Waals surface area contributed by atoms with Gasteiger partial charge in [0.2, 0.25) is 11.8 Å². The maximum absolute atomic E-state index is 13.8. The summed E-state index contributed by atoms with van der Waals surface area (Å²) in [5, 5.41) is 7.11. The Hall–Kier alpha value is -2.99.